The van der Waals surface area contributed by atoms with Gasteiger partial charge in [-0.15, -0.1) is 11.8 Å². The van der Waals surface area contributed by atoms with Crippen molar-refractivity contribution in [3.8, 4) is 0 Å². The number of ether oxygens (including phenoxy) is 1. The lowest BCUT2D eigenvalue weighted by Gasteiger charge is -2.28. The van der Waals surface area contributed by atoms with E-state index in [1.54, 1.807) is 28.8 Å². The molecular weight excluding hydrogens is 402 g/mol. The molecule has 2 aromatic rings. The van der Waals surface area contributed by atoms with E-state index in [0.717, 1.165) is 15.6 Å². The lowest BCUT2D eigenvalue weighted by atomic mass is 10.1. The molecule has 0 radical (unpaired) electrons. The third kappa shape index (κ3) is 3.75. The van der Waals surface area contributed by atoms with Crippen molar-refractivity contribution >= 4 is 39.6 Å². The summed E-state index contributed by atoms with van der Waals surface area (Å²) in [5.41, 5.74) is 2.71. The molecule has 2 atom stereocenters. The van der Waals surface area contributed by atoms with Crippen LogP contribution in [-0.2, 0) is 9.53 Å². The number of aryl methyl sites for hydroxylation is 1. The van der Waals surface area contributed by atoms with Crippen LogP contribution < -0.4 is 0 Å². The van der Waals surface area contributed by atoms with Gasteiger partial charge in [-0.05, 0) is 36.8 Å². The molecule has 1 heterocycles. The minimum Gasteiger partial charge on any atom is -0.467 e. The predicted octanol–water partition coefficient (Wildman–Crippen LogP) is 4.19. The molecule has 6 heteroatoms. The molecule has 3 rings (SSSR count). The summed E-state index contributed by atoms with van der Waals surface area (Å²) in [6, 6.07) is 14.6. The second-order valence-electron chi connectivity index (χ2n) is 5.85. The fourth-order valence-electron chi connectivity index (χ4n) is 2.80. The molecule has 0 saturated carbocycles. The van der Waals surface area contributed by atoms with Gasteiger partial charge in [0.15, 0.2) is 0 Å². The number of hydrogen-bond donors (Lipinski definition) is 0. The second-order valence-corrected chi connectivity index (χ2v) is 7.88. The highest BCUT2D eigenvalue weighted by Crippen LogP contribution is 2.42. The monoisotopic (exact) mass is 419 g/mol. The first-order chi connectivity index (χ1) is 12.0. The molecule has 0 N–H and O–H groups in total. The van der Waals surface area contributed by atoms with Crippen molar-refractivity contribution in [3.63, 3.8) is 0 Å². The zero-order valence-electron chi connectivity index (χ0n) is 13.9. The van der Waals surface area contributed by atoms with E-state index >= 15 is 0 Å². The Kier molecular flexibility index (Phi) is 5.49. The molecule has 0 spiro atoms. The number of halogens is 1. The van der Waals surface area contributed by atoms with Crippen LogP contribution in [-0.4, -0.2) is 35.7 Å². The SMILES string of the molecule is COC(=O)C1CSC(c2ccc(C)cc2)N1C(=O)c1ccc(Br)cc1. The van der Waals surface area contributed by atoms with E-state index in [4.69, 9.17) is 4.74 Å². The van der Waals surface area contributed by atoms with E-state index in [-0.39, 0.29) is 17.3 Å². The van der Waals surface area contributed by atoms with Crippen LogP contribution in [0.3, 0.4) is 0 Å². The standard InChI is InChI=1S/C19H18BrNO3S/c1-12-3-5-14(6-4-12)18-21(16(11-25-18)19(23)24-2)17(22)13-7-9-15(20)10-8-13/h3-10,16,18H,11H2,1-2H3. The molecule has 0 aliphatic carbocycles. The number of benzene rings is 2. The van der Waals surface area contributed by atoms with Crippen molar-refractivity contribution in [2.75, 3.05) is 12.9 Å². The maximum absolute atomic E-state index is 13.1. The number of methoxy groups -OCH3 is 1. The zero-order valence-corrected chi connectivity index (χ0v) is 16.3. The van der Waals surface area contributed by atoms with Gasteiger partial charge in [-0.3, -0.25) is 4.79 Å². The van der Waals surface area contributed by atoms with Gasteiger partial charge in [0.2, 0.25) is 0 Å². The number of rotatable bonds is 3. The average molecular weight is 420 g/mol. The highest BCUT2D eigenvalue weighted by Gasteiger charge is 2.43. The van der Waals surface area contributed by atoms with Gasteiger partial charge in [0.1, 0.15) is 11.4 Å². The number of thioether (sulfide) groups is 1. The van der Waals surface area contributed by atoms with Crippen molar-refractivity contribution in [2.24, 2.45) is 0 Å². The van der Waals surface area contributed by atoms with Crippen LogP contribution in [0.15, 0.2) is 53.0 Å². The van der Waals surface area contributed by atoms with Gasteiger partial charge in [0, 0.05) is 15.8 Å². The molecule has 0 aromatic heterocycles. The van der Waals surface area contributed by atoms with E-state index in [9.17, 15) is 9.59 Å². The van der Waals surface area contributed by atoms with Gasteiger partial charge in [-0.25, -0.2) is 4.79 Å². The van der Waals surface area contributed by atoms with Crippen LogP contribution >= 0.6 is 27.7 Å². The van der Waals surface area contributed by atoms with Crippen molar-refractivity contribution in [1.29, 1.82) is 0 Å². The van der Waals surface area contributed by atoms with Gasteiger partial charge >= 0.3 is 5.97 Å². The lowest BCUT2D eigenvalue weighted by molar-refractivity contribution is -0.145. The van der Waals surface area contributed by atoms with Crippen LogP contribution in [0.2, 0.25) is 0 Å². The minimum atomic E-state index is -0.586. The summed E-state index contributed by atoms with van der Waals surface area (Å²) in [6.07, 6.45) is 0. The van der Waals surface area contributed by atoms with Crippen LogP contribution in [0, 0.1) is 6.92 Å². The number of hydrogen-bond acceptors (Lipinski definition) is 4. The van der Waals surface area contributed by atoms with Crippen LogP contribution in [0.4, 0.5) is 0 Å². The highest BCUT2D eigenvalue weighted by atomic mass is 79.9. The summed E-state index contributed by atoms with van der Waals surface area (Å²) in [5, 5.41) is -0.208. The molecular formula is C19H18BrNO3S. The van der Waals surface area contributed by atoms with Crippen LogP contribution in [0.1, 0.15) is 26.9 Å². The predicted molar refractivity (Wildman–Crippen MR) is 102 cm³/mol. The third-order valence-corrected chi connectivity index (χ3v) is 6.01. The first-order valence-electron chi connectivity index (χ1n) is 7.85. The molecule has 1 fully saturated rings. The second kappa shape index (κ2) is 7.62. The average Bonchev–Trinajstić information content (AvgIpc) is 3.06. The summed E-state index contributed by atoms with van der Waals surface area (Å²) in [4.78, 5) is 27.0. The zero-order chi connectivity index (χ0) is 18.0. The van der Waals surface area contributed by atoms with E-state index < -0.39 is 6.04 Å². The molecule has 2 unspecified atom stereocenters. The largest absolute Gasteiger partial charge is 0.467 e. The molecule has 1 aliphatic rings. The smallest absolute Gasteiger partial charge is 0.329 e. The van der Waals surface area contributed by atoms with Crippen LogP contribution in [0.5, 0.6) is 0 Å². The van der Waals surface area contributed by atoms with E-state index in [1.165, 1.54) is 7.11 Å². The fourth-order valence-corrected chi connectivity index (χ4v) is 4.48. The van der Waals surface area contributed by atoms with Gasteiger partial charge in [-0.1, -0.05) is 45.8 Å². The number of esters is 1. The summed E-state index contributed by atoms with van der Waals surface area (Å²) < 4.78 is 5.82. The van der Waals surface area contributed by atoms with Gasteiger partial charge in [0.25, 0.3) is 5.91 Å². The van der Waals surface area contributed by atoms with Gasteiger partial charge < -0.3 is 9.64 Å². The van der Waals surface area contributed by atoms with Crippen molar-refractivity contribution in [1.82, 2.24) is 4.90 Å². The Bertz CT molecular complexity index is 776. The lowest BCUT2D eigenvalue weighted by Crippen LogP contribution is -2.43. The highest BCUT2D eigenvalue weighted by molar-refractivity contribution is 9.10. The number of carbonyl (C=O) groups is 2. The van der Waals surface area contributed by atoms with E-state index in [2.05, 4.69) is 15.9 Å². The molecule has 1 aliphatic heterocycles. The molecule has 25 heavy (non-hydrogen) atoms. The summed E-state index contributed by atoms with van der Waals surface area (Å²) in [7, 11) is 1.36. The van der Waals surface area contributed by atoms with Crippen molar-refractivity contribution in [2.45, 2.75) is 18.3 Å². The number of amides is 1. The summed E-state index contributed by atoms with van der Waals surface area (Å²) in [6.45, 7) is 2.02. The Morgan fingerprint density at radius 2 is 1.76 bits per heavy atom. The first-order valence-corrected chi connectivity index (χ1v) is 9.69. The van der Waals surface area contributed by atoms with E-state index in [0.29, 0.717) is 11.3 Å². The van der Waals surface area contributed by atoms with Gasteiger partial charge in [-0.2, -0.15) is 0 Å². The first kappa shape index (κ1) is 18.0. The minimum absolute atomic E-state index is 0.168. The quantitative estimate of drug-likeness (QED) is 0.699. The normalized spacial score (nSPS) is 19.7. The third-order valence-electron chi connectivity index (χ3n) is 4.16. The van der Waals surface area contributed by atoms with Gasteiger partial charge in [0.05, 0.1) is 7.11 Å². The fraction of sp³-hybridized carbons (Fsp3) is 0.263. The maximum atomic E-state index is 13.1. The molecule has 130 valence electrons. The molecule has 2 aromatic carbocycles. The Labute approximate surface area is 159 Å². The Morgan fingerprint density at radius 3 is 2.36 bits per heavy atom. The summed E-state index contributed by atoms with van der Waals surface area (Å²) >= 11 is 4.96. The molecule has 4 nitrogen and oxygen atoms in total. The summed E-state index contributed by atoms with van der Waals surface area (Å²) in [5.74, 6) is -0.0286. The van der Waals surface area contributed by atoms with Crippen LogP contribution in [0.25, 0.3) is 0 Å². The number of nitrogens with zero attached hydrogens (tertiary/aromatic N) is 1. The molecule has 0 bridgehead atoms. The molecule has 1 saturated heterocycles. The topological polar surface area (TPSA) is 46.6 Å². The Hall–Kier alpha value is -1.79. The number of carbonyl (C=O) groups excluding carboxylic acids is 2. The maximum Gasteiger partial charge on any atom is 0.329 e. The Morgan fingerprint density at radius 1 is 1.12 bits per heavy atom. The van der Waals surface area contributed by atoms with Crippen molar-refractivity contribution in [3.05, 3.63) is 69.7 Å². The van der Waals surface area contributed by atoms with E-state index in [1.807, 2.05) is 43.3 Å². The Balaban J connectivity index is 1.97. The molecule has 1 amide bonds. The van der Waals surface area contributed by atoms with Crippen molar-refractivity contribution < 1.29 is 14.3 Å².